The molecule has 0 aromatic rings. The molecule has 1 saturated heterocycles. The van der Waals surface area contributed by atoms with E-state index in [0.717, 1.165) is 17.9 Å². The molecule has 94 valence electrons. The molecule has 1 spiro atoms. The van der Waals surface area contributed by atoms with E-state index in [4.69, 9.17) is 0 Å². The molecule has 2 aliphatic rings. The highest BCUT2D eigenvalue weighted by molar-refractivity contribution is 8.00. The first-order valence-electron chi connectivity index (χ1n) is 7.01. The first-order valence-corrected chi connectivity index (χ1v) is 8.00. The van der Waals surface area contributed by atoms with Crippen LogP contribution in [0.15, 0.2) is 0 Å². The highest BCUT2D eigenvalue weighted by Gasteiger charge is 2.39. The van der Waals surface area contributed by atoms with Crippen LogP contribution < -0.4 is 5.32 Å². The summed E-state index contributed by atoms with van der Waals surface area (Å²) in [5.41, 5.74) is 0. The fourth-order valence-electron chi connectivity index (χ4n) is 3.47. The lowest BCUT2D eigenvalue weighted by atomic mass is 9.80. The van der Waals surface area contributed by atoms with Crippen LogP contribution in [0.5, 0.6) is 0 Å². The molecule has 1 nitrogen and oxygen atoms in total. The summed E-state index contributed by atoms with van der Waals surface area (Å²) in [6.45, 7) is 7.09. The Morgan fingerprint density at radius 3 is 2.88 bits per heavy atom. The van der Waals surface area contributed by atoms with Crippen molar-refractivity contribution < 1.29 is 0 Å². The Morgan fingerprint density at radius 1 is 1.38 bits per heavy atom. The normalized spacial score (nSPS) is 40.5. The molecule has 0 radical (unpaired) electrons. The summed E-state index contributed by atoms with van der Waals surface area (Å²) >= 11 is 2.21. The van der Waals surface area contributed by atoms with Gasteiger partial charge in [-0.1, -0.05) is 26.7 Å². The molecule has 1 aliphatic heterocycles. The van der Waals surface area contributed by atoms with Crippen LogP contribution in [0.4, 0.5) is 0 Å². The van der Waals surface area contributed by atoms with Gasteiger partial charge >= 0.3 is 0 Å². The van der Waals surface area contributed by atoms with Crippen LogP contribution in [0.3, 0.4) is 0 Å². The second-order valence-electron chi connectivity index (χ2n) is 6.27. The number of nitrogens with one attached hydrogen (secondary N) is 1. The van der Waals surface area contributed by atoms with Gasteiger partial charge in [-0.25, -0.2) is 0 Å². The largest absolute Gasteiger partial charge is 0.300 e. The Kier molecular flexibility index (Phi) is 4.23. The molecule has 2 fully saturated rings. The Morgan fingerprint density at radius 2 is 2.19 bits per heavy atom. The summed E-state index contributed by atoms with van der Waals surface area (Å²) in [5.74, 6) is 3.20. The first-order chi connectivity index (χ1) is 7.60. The van der Waals surface area contributed by atoms with Crippen molar-refractivity contribution in [2.24, 2.45) is 11.8 Å². The van der Waals surface area contributed by atoms with E-state index in [1.165, 1.54) is 44.3 Å². The van der Waals surface area contributed by atoms with Gasteiger partial charge in [0.05, 0.1) is 4.87 Å². The second-order valence-corrected chi connectivity index (χ2v) is 7.75. The predicted molar refractivity (Wildman–Crippen MR) is 73.8 cm³/mol. The molecule has 3 unspecified atom stereocenters. The maximum Gasteiger partial charge on any atom is 0.0649 e. The van der Waals surface area contributed by atoms with Crippen LogP contribution in [-0.4, -0.2) is 16.7 Å². The van der Waals surface area contributed by atoms with Crippen molar-refractivity contribution in [1.29, 1.82) is 0 Å². The van der Waals surface area contributed by atoms with Crippen molar-refractivity contribution in [3.05, 3.63) is 0 Å². The SMILES string of the molecule is CC(C)CC1CCCC2(C1)NC(C)CCS2. The quantitative estimate of drug-likeness (QED) is 0.783. The standard InChI is InChI=1S/C14H27NS/c1-11(2)9-13-5-4-7-14(10-13)15-12(3)6-8-16-14/h11-13,15H,4-10H2,1-3H3. The van der Waals surface area contributed by atoms with E-state index < -0.39 is 0 Å². The Hall–Kier alpha value is 0.310. The smallest absolute Gasteiger partial charge is 0.0649 e. The predicted octanol–water partition coefficient (Wildman–Crippen LogP) is 4.03. The molecular weight excluding hydrogens is 214 g/mol. The third-order valence-electron chi connectivity index (χ3n) is 4.05. The average molecular weight is 241 g/mol. The minimum atomic E-state index is 0.454. The van der Waals surface area contributed by atoms with Gasteiger partial charge in [-0.2, -0.15) is 0 Å². The Balaban J connectivity index is 1.94. The van der Waals surface area contributed by atoms with Gasteiger partial charge < -0.3 is 5.32 Å². The van der Waals surface area contributed by atoms with Crippen LogP contribution in [0, 0.1) is 11.8 Å². The van der Waals surface area contributed by atoms with E-state index >= 15 is 0 Å². The Bertz CT molecular complexity index is 225. The van der Waals surface area contributed by atoms with Crippen LogP contribution in [0.2, 0.25) is 0 Å². The lowest BCUT2D eigenvalue weighted by Crippen LogP contribution is -2.53. The molecule has 0 amide bonds. The third-order valence-corrected chi connectivity index (χ3v) is 5.54. The van der Waals surface area contributed by atoms with Gasteiger partial charge in [0.2, 0.25) is 0 Å². The van der Waals surface area contributed by atoms with Gasteiger partial charge in [0.25, 0.3) is 0 Å². The van der Waals surface area contributed by atoms with E-state index in [2.05, 4.69) is 37.8 Å². The molecule has 0 aromatic heterocycles. The van der Waals surface area contributed by atoms with E-state index in [1.807, 2.05) is 0 Å². The number of rotatable bonds is 2. The zero-order valence-corrected chi connectivity index (χ0v) is 11.9. The highest BCUT2D eigenvalue weighted by atomic mass is 32.2. The second kappa shape index (κ2) is 5.30. The molecule has 1 heterocycles. The summed E-state index contributed by atoms with van der Waals surface area (Å²) < 4.78 is 0. The van der Waals surface area contributed by atoms with Gasteiger partial charge in [0, 0.05) is 6.04 Å². The average Bonchev–Trinajstić information content (AvgIpc) is 2.15. The maximum absolute atomic E-state index is 3.90. The van der Waals surface area contributed by atoms with Crippen molar-refractivity contribution in [1.82, 2.24) is 5.32 Å². The fraction of sp³-hybridized carbons (Fsp3) is 1.00. The van der Waals surface area contributed by atoms with Gasteiger partial charge in [-0.15, -0.1) is 11.8 Å². The molecular formula is C14H27NS. The van der Waals surface area contributed by atoms with E-state index in [0.29, 0.717) is 4.87 Å². The summed E-state index contributed by atoms with van der Waals surface area (Å²) in [6, 6.07) is 0.735. The van der Waals surface area contributed by atoms with E-state index in [9.17, 15) is 0 Å². The van der Waals surface area contributed by atoms with Gasteiger partial charge in [-0.3, -0.25) is 0 Å². The molecule has 0 aromatic carbocycles. The molecule has 3 atom stereocenters. The highest BCUT2D eigenvalue weighted by Crippen LogP contribution is 2.44. The molecule has 16 heavy (non-hydrogen) atoms. The van der Waals surface area contributed by atoms with Crippen LogP contribution >= 0.6 is 11.8 Å². The van der Waals surface area contributed by atoms with Crippen molar-refractivity contribution in [3.8, 4) is 0 Å². The minimum absolute atomic E-state index is 0.454. The number of hydrogen-bond donors (Lipinski definition) is 1. The number of thioether (sulfide) groups is 1. The van der Waals surface area contributed by atoms with Crippen molar-refractivity contribution in [2.45, 2.75) is 70.2 Å². The van der Waals surface area contributed by atoms with Crippen LogP contribution in [0.25, 0.3) is 0 Å². The topological polar surface area (TPSA) is 12.0 Å². The van der Waals surface area contributed by atoms with Crippen molar-refractivity contribution >= 4 is 11.8 Å². The lowest BCUT2D eigenvalue weighted by Gasteiger charge is -2.46. The molecule has 2 rings (SSSR count). The molecule has 1 N–H and O–H groups in total. The maximum atomic E-state index is 3.90. The van der Waals surface area contributed by atoms with Crippen LogP contribution in [-0.2, 0) is 0 Å². The summed E-state index contributed by atoms with van der Waals surface area (Å²) in [4.78, 5) is 0.454. The van der Waals surface area contributed by atoms with Gasteiger partial charge in [0.15, 0.2) is 0 Å². The fourth-order valence-corrected chi connectivity index (χ4v) is 5.26. The molecule has 0 bridgehead atoms. The lowest BCUT2D eigenvalue weighted by molar-refractivity contribution is 0.214. The summed E-state index contributed by atoms with van der Waals surface area (Å²) in [6.07, 6.45) is 8.50. The number of hydrogen-bond acceptors (Lipinski definition) is 2. The molecule has 1 aliphatic carbocycles. The zero-order chi connectivity index (χ0) is 11.6. The Labute approximate surface area is 105 Å². The summed E-state index contributed by atoms with van der Waals surface area (Å²) in [5, 5.41) is 3.90. The minimum Gasteiger partial charge on any atom is -0.300 e. The third kappa shape index (κ3) is 3.16. The van der Waals surface area contributed by atoms with Gasteiger partial charge in [0.1, 0.15) is 0 Å². The zero-order valence-electron chi connectivity index (χ0n) is 11.1. The first kappa shape index (κ1) is 12.8. The summed E-state index contributed by atoms with van der Waals surface area (Å²) in [7, 11) is 0. The van der Waals surface area contributed by atoms with E-state index in [1.54, 1.807) is 0 Å². The van der Waals surface area contributed by atoms with E-state index in [-0.39, 0.29) is 0 Å². The van der Waals surface area contributed by atoms with Crippen molar-refractivity contribution in [2.75, 3.05) is 5.75 Å². The molecule has 1 saturated carbocycles. The monoisotopic (exact) mass is 241 g/mol. The van der Waals surface area contributed by atoms with Crippen LogP contribution in [0.1, 0.15) is 59.3 Å². The molecule has 2 heteroatoms. The van der Waals surface area contributed by atoms with Crippen molar-refractivity contribution in [3.63, 3.8) is 0 Å². The van der Waals surface area contributed by atoms with Gasteiger partial charge in [-0.05, 0) is 50.2 Å².